The summed E-state index contributed by atoms with van der Waals surface area (Å²) in [5.74, 6) is 2.28. The van der Waals surface area contributed by atoms with Gasteiger partial charge in [0.25, 0.3) is 0 Å². The van der Waals surface area contributed by atoms with E-state index in [0.717, 1.165) is 70.2 Å². The minimum absolute atomic E-state index is 0.202. The van der Waals surface area contributed by atoms with Crippen LogP contribution in [0.4, 0.5) is 0 Å². The molecule has 2 N–H and O–H groups in total. The molecule has 0 spiro atoms. The van der Waals surface area contributed by atoms with Gasteiger partial charge in [0, 0.05) is 61.1 Å². The quantitative estimate of drug-likeness (QED) is 0.514. The van der Waals surface area contributed by atoms with Crippen molar-refractivity contribution in [3.8, 4) is 0 Å². The molecule has 26 heavy (non-hydrogen) atoms. The van der Waals surface area contributed by atoms with Crippen LogP contribution in [0.2, 0.25) is 0 Å². The summed E-state index contributed by atoms with van der Waals surface area (Å²) in [6, 6.07) is 0.361. The molecule has 0 aromatic carbocycles. The maximum atomic E-state index is 12.1. The number of morpholine rings is 1. The highest BCUT2D eigenvalue weighted by atomic mass is 32.2. The normalized spacial score (nSPS) is 29.6. The molecule has 2 aliphatic rings. The number of ether oxygens (including phenoxy) is 1. The first kappa shape index (κ1) is 21.6. The van der Waals surface area contributed by atoms with Crippen molar-refractivity contribution in [2.75, 3.05) is 45.6 Å². The summed E-state index contributed by atoms with van der Waals surface area (Å²) in [6.07, 6.45) is 4.53. The van der Waals surface area contributed by atoms with Gasteiger partial charge in [-0.1, -0.05) is 27.2 Å². The third-order valence-corrected chi connectivity index (χ3v) is 6.93. The molecule has 0 aromatic rings. The van der Waals surface area contributed by atoms with Gasteiger partial charge in [-0.2, -0.15) is 0 Å². The first-order valence-electron chi connectivity index (χ1n) is 10.2. The van der Waals surface area contributed by atoms with Gasteiger partial charge in [-0.05, 0) is 25.2 Å². The first-order chi connectivity index (χ1) is 12.5. The molecular weight excluding hydrogens is 348 g/mol. The highest BCUT2D eigenvalue weighted by molar-refractivity contribution is 7.85. The lowest BCUT2D eigenvalue weighted by Crippen LogP contribution is -2.52. The van der Waals surface area contributed by atoms with E-state index in [0.29, 0.717) is 17.2 Å². The average molecular weight is 387 g/mol. The fraction of sp³-hybridized carbons (Fsp3) is 0.947. The van der Waals surface area contributed by atoms with Crippen LogP contribution in [0.3, 0.4) is 0 Å². The Bertz CT molecular complexity index is 472. The van der Waals surface area contributed by atoms with Crippen molar-refractivity contribution < 1.29 is 8.95 Å². The van der Waals surface area contributed by atoms with Gasteiger partial charge in [-0.3, -0.25) is 14.1 Å². The Morgan fingerprint density at radius 3 is 2.88 bits per heavy atom. The predicted molar refractivity (Wildman–Crippen MR) is 110 cm³/mol. The molecule has 2 rings (SSSR count). The summed E-state index contributed by atoms with van der Waals surface area (Å²) < 4.78 is 18.0. The van der Waals surface area contributed by atoms with E-state index in [9.17, 15) is 4.21 Å². The molecule has 0 radical (unpaired) electrons. The molecule has 4 unspecified atom stereocenters. The zero-order valence-corrected chi connectivity index (χ0v) is 17.8. The number of hydrogen-bond acceptors (Lipinski definition) is 4. The van der Waals surface area contributed by atoms with E-state index in [1.807, 2.05) is 14.0 Å². The fourth-order valence-corrected chi connectivity index (χ4v) is 5.28. The van der Waals surface area contributed by atoms with E-state index < -0.39 is 10.8 Å². The topological polar surface area (TPSA) is 66.0 Å². The van der Waals surface area contributed by atoms with E-state index in [4.69, 9.17) is 4.74 Å². The first-order valence-corrected chi connectivity index (χ1v) is 11.6. The number of nitrogens with one attached hydrogen (secondary N) is 2. The second kappa shape index (κ2) is 11.2. The van der Waals surface area contributed by atoms with Crippen LogP contribution in [0.25, 0.3) is 0 Å². The lowest BCUT2D eigenvalue weighted by atomic mass is 9.95. The molecule has 1 saturated carbocycles. The van der Waals surface area contributed by atoms with Gasteiger partial charge in [0.15, 0.2) is 5.96 Å². The Morgan fingerprint density at radius 1 is 1.38 bits per heavy atom. The Labute approximate surface area is 162 Å². The lowest BCUT2D eigenvalue weighted by Gasteiger charge is -2.34. The van der Waals surface area contributed by atoms with Crippen molar-refractivity contribution >= 4 is 16.8 Å². The van der Waals surface area contributed by atoms with Gasteiger partial charge in [0.2, 0.25) is 0 Å². The van der Waals surface area contributed by atoms with Crippen LogP contribution in [0.1, 0.15) is 46.5 Å². The molecule has 1 heterocycles. The van der Waals surface area contributed by atoms with Crippen molar-refractivity contribution in [2.45, 2.75) is 63.9 Å². The zero-order valence-electron chi connectivity index (χ0n) is 17.0. The Morgan fingerprint density at radius 2 is 2.19 bits per heavy atom. The van der Waals surface area contributed by atoms with Gasteiger partial charge >= 0.3 is 0 Å². The van der Waals surface area contributed by atoms with E-state index in [2.05, 4.69) is 34.4 Å². The Kier molecular flexibility index (Phi) is 9.36. The van der Waals surface area contributed by atoms with Crippen LogP contribution >= 0.6 is 0 Å². The zero-order chi connectivity index (χ0) is 18.9. The summed E-state index contributed by atoms with van der Waals surface area (Å²) in [6.45, 7) is 11.2. The smallest absolute Gasteiger partial charge is 0.191 e. The molecule has 1 aliphatic heterocycles. The number of guanidine groups is 1. The summed E-state index contributed by atoms with van der Waals surface area (Å²) in [5.41, 5.74) is 0. The molecule has 4 atom stereocenters. The largest absolute Gasteiger partial charge is 0.374 e. The second-order valence-corrected chi connectivity index (χ2v) is 9.90. The van der Waals surface area contributed by atoms with Gasteiger partial charge in [-0.15, -0.1) is 0 Å². The molecular formula is C19H38N4O2S. The van der Waals surface area contributed by atoms with E-state index >= 15 is 0 Å². The lowest BCUT2D eigenvalue weighted by molar-refractivity contribution is -0.0284. The van der Waals surface area contributed by atoms with Gasteiger partial charge in [0.05, 0.1) is 12.7 Å². The number of nitrogens with zero attached hydrogens (tertiary/aromatic N) is 2. The summed E-state index contributed by atoms with van der Waals surface area (Å²) in [7, 11) is 1.12. The molecule has 0 amide bonds. The monoisotopic (exact) mass is 386 g/mol. The minimum Gasteiger partial charge on any atom is -0.374 e. The van der Waals surface area contributed by atoms with Crippen LogP contribution < -0.4 is 10.6 Å². The summed E-state index contributed by atoms with van der Waals surface area (Å²) >= 11 is 0. The third kappa shape index (κ3) is 7.16. The van der Waals surface area contributed by atoms with Crippen molar-refractivity contribution in [1.29, 1.82) is 0 Å². The molecule has 1 aliphatic carbocycles. The highest BCUT2D eigenvalue weighted by Gasteiger charge is 2.26. The SMILES string of the molecule is CCS(=O)C1CCCC(NC(=NC)NCC2CN(CC(C)C)CCO2)C1. The fourth-order valence-electron chi connectivity index (χ4n) is 3.94. The van der Waals surface area contributed by atoms with E-state index in [-0.39, 0.29) is 6.10 Å². The minimum atomic E-state index is -0.693. The molecule has 152 valence electrons. The molecule has 0 aromatic heterocycles. The number of hydrogen-bond donors (Lipinski definition) is 2. The van der Waals surface area contributed by atoms with Crippen molar-refractivity contribution in [3.63, 3.8) is 0 Å². The van der Waals surface area contributed by atoms with Crippen molar-refractivity contribution in [3.05, 3.63) is 0 Å². The van der Waals surface area contributed by atoms with Crippen LogP contribution in [-0.2, 0) is 15.5 Å². The molecule has 2 fully saturated rings. The van der Waals surface area contributed by atoms with Crippen LogP contribution in [0.15, 0.2) is 4.99 Å². The maximum absolute atomic E-state index is 12.1. The van der Waals surface area contributed by atoms with Crippen LogP contribution in [0, 0.1) is 5.92 Å². The predicted octanol–water partition coefficient (Wildman–Crippen LogP) is 1.59. The van der Waals surface area contributed by atoms with Gasteiger partial charge < -0.3 is 15.4 Å². The molecule has 7 heteroatoms. The maximum Gasteiger partial charge on any atom is 0.191 e. The van der Waals surface area contributed by atoms with Crippen LogP contribution in [0.5, 0.6) is 0 Å². The molecule has 6 nitrogen and oxygen atoms in total. The summed E-state index contributed by atoms with van der Waals surface area (Å²) in [4.78, 5) is 6.86. The molecule has 1 saturated heterocycles. The van der Waals surface area contributed by atoms with Gasteiger partial charge in [0.1, 0.15) is 0 Å². The third-order valence-electron chi connectivity index (χ3n) is 5.19. The van der Waals surface area contributed by atoms with E-state index in [1.54, 1.807) is 0 Å². The Hall–Kier alpha value is -0.660. The van der Waals surface area contributed by atoms with Gasteiger partial charge in [-0.25, -0.2) is 0 Å². The highest BCUT2D eigenvalue weighted by Crippen LogP contribution is 2.23. The van der Waals surface area contributed by atoms with Crippen molar-refractivity contribution in [1.82, 2.24) is 15.5 Å². The number of aliphatic imine (C=N–C) groups is 1. The standard InChI is InChI=1S/C19H38N4O2S/c1-5-26(24)18-8-6-7-16(11-18)22-19(20-4)21-12-17-14-23(9-10-25-17)13-15(2)3/h15-18H,5-14H2,1-4H3,(H2,20,21,22). The average Bonchev–Trinajstić information content (AvgIpc) is 2.64. The van der Waals surface area contributed by atoms with Crippen molar-refractivity contribution in [2.24, 2.45) is 10.9 Å². The van der Waals surface area contributed by atoms with Crippen LogP contribution in [-0.4, -0.2) is 78.1 Å². The number of rotatable bonds is 7. The second-order valence-electron chi connectivity index (χ2n) is 7.90. The Balaban J connectivity index is 1.76. The van der Waals surface area contributed by atoms with E-state index in [1.165, 1.54) is 0 Å². The summed E-state index contributed by atoms with van der Waals surface area (Å²) in [5, 5.41) is 7.29. The molecule has 0 bridgehead atoms.